The maximum absolute atomic E-state index is 14.3. The van der Waals surface area contributed by atoms with Gasteiger partial charge in [-0.3, -0.25) is 24.1 Å². The average molecular weight is 773 g/mol. The molecule has 3 aromatic rings. The van der Waals surface area contributed by atoms with Gasteiger partial charge in [-0.1, -0.05) is 86.6 Å². The van der Waals surface area contributed by atoms with Crippen molar-refractivity contribution in [1.82, 2.24) is 20.9 Å². The van der Waals surface area contributed by atoms with Crippen LogP contribution in [0.15, 0.2) is 84.9 Å². The van der Waals surface area contributed by atoms with Gasteiger partial charge in [0.1, 0.15) is 42.1 Å². The molecule has 0 aromatic heterocycles. The fourth-order valence-corrected chi connectivity index (χ4v) is 6.32. The number of benzene rings is 3. The fourth-order valence-electron chi connectivity index (χ4n) is 6.32. The highest BCUT2D eigenvalue weighted by Gasteiger charge is 2.42. The predicted octanol–water partition coefficient (Wildman–Crippen LogP) is 4.13. The Labute approximate surface area is 326 Å². The molecule has 4 amide bonds. The minimum atomic E-state index is -1.68. The summed E-state index contributed by atoms with van der Waals surface area (Å²) in [5.74, 6) is -6.58. The van der Waals surface area contributed by atoms with Crippen molar-refractivity contribution in [3.05, 3.63) is 102 Å². The Morgan fingerprint density at radius 2 is 1.34 bits per heavy atom. The van der Waals surface area contributed by atoms with Gasteiger partial charge >= 0.3 is 18.0 Å². The number of aliphatic carboxylic acids is 1. The van der Waals surface area contributed by atoms with E-state index in [2.05, 4.69) is 16.0 Å². The van der Waals surface area contributed by atoms with Crippen LogP contribution < -0.4 is 16.0 Å². The number of ether oxygens (including phenoxy) is 2. The van der Waals surface area contributed by atoms with Crippen LogP contribution in [0.2, 0.25) is 0 Å². The Hall–Kier alpha value is -5.92. The fraction of sp³-hybridized carbons (Fsp3) is 0.429. The molecule has 0 bridgehead atoms. The molecule has 5 N–H and O–H groups in total. The van der Waals surface area contributed by atoms with Crippen LogP contribution in [0.25, 0.3) is 0 Å². The van der Waals surface area contributed by atoms with E-state index in [1.807, 2.05) is 6.07 Å². The summed E-state index contributed by atoms with van der Waals surface area (Å²) in [4.78, 5) is 82.7. The lowest BCUT2D eigenvalue weighted by Gasteiger charge is -2.31. The van der Waals surface area contributed by atoms with E-state index in [9.17, 15) is 39.0 Å². The summed E-state index contributed by atoms with van der Waals surface area (Å²) in [6.07, 6.45) is -0.124. The third kappa shape index (κ3) is 12.6. The monoisotopic (exact) mass is 772 g/mol. The third-order valence-electron chi connectivity index (χ3n) is 9.23. The lowest BCUT2D eigenvalue weighted by molar-refractivity contribution is -0.150. The Morgan fingerprint density at radius 3 is 1.91 bits per heavy atom. The van der Waals surface area contributed by atoms with Gasteiger partial charge in [0.15, 0.2) is 0 Å². The second kappa shape index (κ2) is 19.6. The smallest absolute Gasteiger partial charge is 0.410 e. The number of amides is 4. The molecule has 3 aromatic carbocycles. The van der Waals surface area contributed by atoms with Gasteiger partial charge < -0.3 is 35.6 Å². The van der Waals surface area contributed by atoms with Crippen LogP contribution in [-0.2, 0) is 52.9 Å². The highest BCUT2D eigenvalue weighted by molar-refractivity contribution is 5.97. The van der Waals surface area contributed by atoms with Gasteiger partial charge in [-0.05, 0) is 74.8 Å². The molecule has 5 atom stereocenters. The molecule has 0 spiro atoms. The summed E-state index contributed by atoms with van der Waals surface area (Å²) in [6.45, 7) is 8.59. The number of rotatable bonds is 16. The van der Waals surface area contributed by atoms with E-state index in [0.717, 1.165) is 5.56 Å². The lowest BCUT2D eigenvalue weighted by atomic mass is 9.90. The highest BCUT2D eigenvalue weighted by atomic mass is 16.6. The molecular formula is C42H52N4O10. The Kier molecular flexibility index (Phi) is 15.0. The van der Waals surface area contributed by atoms with Gasteiger partial charge in [0, 0.05) is 13.0 Å². The van der Waals surface area contributed by atoms with E-state index in [4.69, 9.17) is 9.47 Å². The zero-order valence-electron chi connectivity index (χ0n) is 32.4. The molecule has 1 fully saturated rings. The van der Waals surface area contributed by atoms with E-state index < -0.39 is 77.4 Å². The number of carbonyl (C=O) groups is 6. The third-order valence-corrected chi connectivity index (χ3v) is 9.23. The van der Waals surface area contributed by atoms with Crippen LogP contribution in [-0.4, -0.2) is 87.2 Å². The minimum absolute atomic E-state index is 0.00914. The SMILES string of the molecule is CC(C)[C@H](NC(=O)[C@@H](NC(=O)[C@H]1CCCN1C(=O)OC(C)(C)C)C(Cc1ccccc1)C(=O)O)C(=O)N[C@@H](Cc1ccc(O)cc1)C(=O)OCc1ccccc1. The first kappa shape index (κ1) is 42.8. The number of carbonyl (C=O) groups excluding carboxylic acids is 5. The van der Waals surface area contributed by atoms with Crippen LogP contribution in [0.5, 0.6) is 5.75 Å². The van der Waals surface area contributed by atoms with Gasteiger partial charge in [0.2, 0.25) is 17.7 Å². The predicted molar refractivity (Wildman–Crippen MR) is 206 cm³/mol. The Balaban J connectivity index is 1.59. The average Bonchev–Trinajstić information content (AvgIpc) is 3.65. The van der Waals surface area contributed by atoms with Gasteiger partial charge in [-0.2, -0.15) is 0 Å². The molecule has 300 valence electrons. The summed E-state index contributed by atoms with van der Waals surface area (Å²) >= 11 is 0. The van der Waals surface area contributed by atoms with E-state index in [1.165, 1.54) is 17.0 Å². The van der Waals surface area contributed by atoms with Gasteiger partial charge in [0.05, 0.1) is 5.92 Å². The number of carboxylic acids is 1. The molecular weight excluding hydrogens is 720 g/mol. The summed E-state index contributed by atoms with van der Waals surface area (Å²) < 4.78 is 11.1. The zero-order valence-corrected chi connectivity index (χ0v) is 32.4. The van der Waals surface area contributed by atoms with Gasteiger partial charge in [-0.25, -0.2) is 9.59 Å². The van der Waals surface area contributed by atoms with Crippen LogP contribution >= 0.6 is 0 Å². The molecule has 0 saturated carbocycles. The number of aromatic hydroxyl groups is 1. The van der Waals surface area contributed by atoms with Crippen molar-refractivity contribution >= 4 is 35.8 Å². The summed E-state index contributed by atoms with van der Waals surface area (Å²) in [6, 6.07) is 18.4. The molecule has 14 heteroatoms. The second-order valence-corrected chi connectivity index (χ2v) is 15.2. The summed E-state index contributed by atoms with van der Waals surface area (Å²) in [7, 11) is 0. The molecule has 14 nitrogen and oxygen atoms in total. The minimum Gasteiger partial charge on any atom is -0.508 e. The van der Waals surface area contributed by atoms with Crippen molar-refractivity contribution in [1.29, 1.82) is 0 Å². The molecule has 0 aliphatic carbocycles. The quantitative estimate of drug-likeness (QED) is 0.132. The first-order chi connectivity index (χ1) is 26.5. The maximum Gasteiger partial charge on any atom is 0.410 e. The number of nitrogens with one attached hydrogen (secondary N) is 3. The summed E-state index contributed by atoms with van der Waals surface area (Å²) in [5, 5.41) is 28.2. The molecule has 1 aliphatic heterocycles. The second-order valence-electron chi connectivity index (χ2n) is 15.2. The normalized spacial score (nSPS) is 16.2. The lowest BCUT2D eigenvalue weighted by Crippen LogP contribution is -2.61. The summed E-state index contributed by atoms with van der Waals surface area (Å²) in [5.41, 5.74) is 1.09. The van der Waals surface area contributed by atoms with E-state index >= 15 is 0 Å². The van der Waals surface area contributed by atoms with Crippen molar-refractivity contribution in [2.75, 3.05) is 6.54 Å². The standard InChI is InChI=1S/C42H52N4O10/c1-26(2)34(37(49)43-32(24-28-18-20-30(47)21-19-28)40(53)55-25-29-15-10-7-11-16-29)44-38(50)35(31(39(51)52)23-27-13-8-6-9-14-27)45-36(48)33-17-12-22-46(33)41(54)56-42(3,4)5/h6-11,13-16,18-21,26,31-35,47H,12,17,22-25H2,1-5H3,(H,43,49)(H,44,50)(H,45,48)(H,51,52)/t31?,32-,33+,34-,35-/m0/s1. The number of phenols is 1. The topological polar surface area (TPSA) is 201 Å². The first-order valence-corrected chi connectivity index (χ1v) is 18.7. The number of esters is 1. The maximum atomic E-state index is 14.3. The van der Waals surface area contributed by atoms with Crippen LogP contribution in [0, 0.1) is 11.8 Å². The van der Waals surface area contributed by atoms with Crippen molar-refractivity contribution < 1.29 is 48.5 Å². The number of nitrogens with zero attached hydrogens (tertiary/aromatic N) is 1. The van der Waals surface area contributed by atoms with Crippen LogP contribution in [0.1, 0.15) is 64.2 Å². The molecule has 4 rings (SSSR count). The molecule has 56 heavy (non-hydrogen) atoms. The number of hydrogen-bond donors (Lipinski definition) is 5. The van der Waals surface area contributed by atoms with E-state index in [-0.39, 0.29) is 38.2 Å². The highest BCUT2D eigenvalue weighted by Crippen LogP contribution is 2.23. The van der Waals surface area contributed by atoms with Crippen molar-refractivity contribution in [3.63, 3.8) is 0 Å². The van der Waals surface area contributed by atoms with Gasteiger partial charge in [-0.15, -0.1) is 0 Å². The number of phenolic OH excluding ortho intramolecular Hbond substituents is 1. The van der Waals surface area contributed by atoms with E-state index in [1.54, 1.807) is 101 Å². The molecule has 0 radical (unpaired) electrons. The van der Waals surface area contributed by atoms with Gasteiger partial charge in [0.25, 0.3) is 0 Å². The first-order valence-electron chi connectivity index (χ1n) is 18.7. The van der Waals surface area contributed by atoms with Crippen molar-refractivity contribution in [2.45, 2.75) is 96.7 Å². The Morgan fingerprint density at radius 1 is 0.768 bits per heavy atom. The number of likely N-dealkylation sites (tertiary alicyclic amines) is 1. The van der Waals surface area contributed by atoms with Crippen molar-refractivity contribution in [3.8, 4) is 5.75 Å². The van der Waals surface area contributed by atoms with Crippen molar-refractivity contribution in [2.24, 2.45) is 11.8 Å². The Bertz CT molecular complexity index is 1810. The van der Waals surface area contributed by atoms with Crippen LogP contribution in [0.4, 0.5) is 4.79 Å². The van der Waals surface area contributed by atoms with E-state index in [0.29, 0.717) is 17.5 Å². The molecule has 1 aliphatic rings. The molecule has 1 heterocycles. The largest absolute Gasteiger partial charge is 0.508 e. The van der Waals surface area contributed by atoms with Crippen LogP contribution in [0.3, 0.4) is 0 Å². The zero-order chi connectivity index (χ0) is 41.0. The molecule has 1 unspecified atom stereocenters. The molecule has 1 saturated heterocycles. The number of hydrogen-bond acceptors (Lipinski definition) is 9. The number of carboxylic acid groups (broad SMARTS) is 1.